The fourth-order valence-electron chi connectivity index (χ4n) is 1.44. The molecule has 1 heterocycles. The van der Waals surface area contributed by atoms with Gasteiger partial charge in [-0.25, -0.2) is 4.79 Å². The van der Waals surface area contributed by atoms with Crippen LogP contribution in [0.3, 0.4) is 0 Å². The lowest BCUT2D eigenvalue weighted by Crippen LogP contribution is -2.43. The maximum atomic E-state index is 11.4. The van der Waals surface area contributed by atoms with Crippen molar-refractivity contribution in [1.29, 1.82) is 0 Å². The third-order valence-corrected chi connectivity index (χ3v) is 2.77. The minimum absolute atomic E-state index is 0.260. The molecule has 0 spiro atoms. The molecule has 0 aromatic rings. The van der Waals surface area contributed by atoms with Gasteiger partial charge in [0.05, 0.1) is 6.61 Å². The molecule has 0 aromatic heterocycles. The number of hydrogen-bond acceptors (Lipinski definition) is 3. The Balaban J connectivity index is 2.30. The van der Waals surface area contributed by atoms with Crippen LogP contribution >= 0.6 is 0 Å². The van der Waals surface area contributed by atoms with Crippen LogP contribution < -0.4 is 0 Å². The van der Waals surface area contributed by atoms with Crippen LogP contribution in [0.1, 0.15) is 40.0 Å². The van der Waals surface area contributed by atoms with Crippen molar-refractivity contribution in [2.45, 2.75) is 46.3 Å². The van der Waals surface area contributed by atoms with Crippen molar-refractivity contribution in [3.63, 3.8) is 0 Å². The molecule has 15 heavy (non-hydrogen) atoms. The highest BCUT2D eigenvalue weighted by Crippen LogP contribution is 2.27. The van der Waals surface area contributed by atoms with Gasteiger partial charge in [-0.15, -0.1) is 0 Å². The van der Waals surface area contributed by atoms with E-state index in [2.05, 4.69) is 6.92 Å². The molecule has 0 saturated carbocycles. The van der Waals surface area contributed by atoms with Crippen LogP contribution in [0, 0.1) is 5.92 Å². The summed E-state index contributed by atoms with van der Waals surface area (Å²) in [5, 5.41) is 0. The lowest BCUT2D eigenvalue weighted by molar-refractivity contribution is -0.249. The van der Waals surface area contributed by atoms with Crippen molar-refractivity contribution in [2.75, 3.05) is 6.61 Å². The molecule has 3 nitrogen and oxygen atoms in total. The number of unbranched alkanes of at least 4 members (excludes halogenated alkanes) is 1. The highest BCUT2D eigenvalue weighted by Gasteiger charge is 2.34. The van der Waals surface area contributed by atoms with E-state index < -0.39 is 0 Å². The lowest BCUT2D eigenvalue weighted by Gasteiger charge is -2.35. The Hall–Kier alpha value is -0.830. The summed E-state index contributed by atoms with van der Waals surface area (Å²) < 4.78 is 10.5. The number of allylic oxidation sites excluding steroid dienone is 1. The van der Waals surface area contributed by atoms with Crippen LogP contribution in [-0.2, 0) is 14.3 Å². The second-order valence-corrected chi connectivity index (χ2v) is 3.98. The van der Waals surface area contributed by atoms with Crippen LogP contribution in [0.15, 0.2) is 11.6 Å². The van der Waals surface area contributed by atoms with Gasteiger partial charge in [0.2, 0.25) is 6.29 Å². The third kappa shape index (κ3) is 3.34. The van der Waals surface area contributed by atoms with E-state index in [1.54, 1.807) is 13.0 Å². The van der Waals surface area contributed by atoms with Gasteiger partial charge in [0.25, 0.3) is 0 Å². The maximum Gasteiger partial charge on any atom is 0.335 e. The minimum atomic E-state index is -0.307. The predicted molar refractivity (Wildman–Crippen MR) is 58.3 cm³/mol. The number of carbonyl (C=O) groups excluding carboxylic acids is 1. The quantitative estimate of drug-likeness (QED) is 0.519. The Kier molecular flexibility index (Phi) is 4.82. The first-order chi connectivity index (χ1) is 7.19. The van der Waals surface area contributed by atoms with Crippen LogP contribution in [0.5, 0.6) is 0 Å². The molecule has 2 unspecified atom stereocenters. The van der Waals surface area contributed by atoms with Gasteiger partial charge < -0.3 is 9.47 Å². The van der Waals surface area contributed by atoms with E-state index in [1.165, 1.54) is 12.8 Å². The normalized spacial score (nSPS) is 25.9. The molecule has 0 aromatic carbocycles. The molecule has 0 aliphatic carbocycles. The Labute approximate surface area is 91.4 Å². The highest BCUT2D eigenvalue weighted by atomic mass is 16.7. The van der Waals surface area contributed by atoms with Crippen LogP contribution in [-0.4, -0.2) is 18.9 Å². The molecular weight excluding hydrogens is 192 g/mol. The summed E-state index contributed by atoms with van der Waals surface area (Å²) in [6, 6.07) is 0. The second-order valence-electron chi connectivity index (χ2n) is 3.98. The molecule has 3 heteroatoms. The van der Waals surface area contributed by atoms with Gasteiger partial charge in [-0.05, 0) is 20.3 Å². The van der Waals surface area contributed by atoms with Crippen LogP contribution in [0.2, 0.25) is 0 Å². The molecule has 0 bridgehead atoms. The summed E-state index contributed by atoms with van der Waals surface area (Å²) in [7, 11) is 0. The maximum absolute atomic E-state index is 11.4. The van der Waals surface area contributed by atoms with Gasteiger partial charge in [0.1, 0.15) is 0 Å². The van der Waals surface area contributed by atoms with Crippen LogP contribution in [0.4, 0.5) is 0 Å². The smallest absolute Gasteiger partial charge is 0.335 e. The molecule has 2 atom stereocenters. The Morgan fingerprint density at radius 1 is 1.60 bits per heavy atom. The summed E-state index contributed by atoms with van der Waals surface area (Å²) in [6.45, 7) is 6.46. The van der Waals surface area contributed by atoms with Crippen molar-refractivity contribution in [3.8, 4) is 0 Å². The van der Waals surface area contributed by atoms with Crippen molar-refractivity contribution >= 4 is 5.97 Å². The average Bonchev–Trinajstić information content (AvgIpc) is 2.23. The second kappa shape index (κ2) is 5.91. The molecule has 0 amide bonds. The minimum Gasteiger partial charge on any atom is -0.432 e. The molecule has 1 saturated heterocycles. The molecular formula is C12H20O3. The number of rotatable bonds is 5. The van der Waals surface area contributed by atoms with Crippen molar-refractivity contribution in [3.05, 3.63) is 11.6 Å². The Bertz CT molecular complexity index is 245. The zero-order valence-electron chi connectivity index (χ0n) is 9.79. The summed E-state index contributed by atoms with van der Waals surface area (Å²) >= 11 is 0. The number of ether oxygens (including phenoxy) is 2. The fraction of sp³-hybridized carbons (Fsp3) is 0.750. The first-order valence-electron chi connectivity index (χ1n) is 5.64. The fourth-order valence-corrected chi connectivity index (χ4v) is 1.44. The number of carbonyl (C=O) groups is 1. The zero-order valence-corrected chi connectivity index (χ0v) is 9.79. The van der Waals surface area contributed by atoms with E-state index >= 15 is 0 Å². The first-order valence-corrected chi connectivity index (χ1v) is 5.64. The molecule has 0 radical (unpaired) electrons. The summed E-state index contributed by atoms with van der Waals surface area (Å²) in [6.07, 6.45) is 4.88. The first kappa shape index (κ1) is 12.2. The molecule has 1 rings (SSSR count). The Morgan fingerprint density at radius 2 is 2.33 bits per heavy atom. The molecule has 0 N–H and O–H groups in total. The van der Waals surface area contributed by atoms with Gasteiger partial charge in [-0.3, -0.25) is 0 Å². The summed E-state index contributed by atoms with van der Waals surface area (Å²) in [5.41, 5.74) is 0.639. The van der Waals surface area contributed by atoms with Gasteiger partial charge in [0, 0.05) is 11.5 Å². The van der Waals surface area contributed by atoms with Gasteiger partial charge in [-0.1, -0.05) is 25.8 Å². The molecule has 1 fully saturated rings. The topological polar surface area (TPSA) is 35.5 Å². The monoisotopic (exact) mass is 212 g/mol. The Morgan fingerprint density at radius 3 is 2.80 bits per heavy atom. The average molecular weight is 212 g/mol. The van der Waals surface area contributed by atoms with E-state index in [1.807, 2.05) is 6.92 Å². The van der Waals surface area contributed by atoms with Gasteiger partial charge >= 0.3 is 5.97 Å². The highest BCUT2D eigenvalue weighted by molar-refractivity contribution is 5.87. The lowest BCUT2D eigenvalue weighted by atomic mass is 9.99. The number of esters is 1. The van der Waals surface area contributed by atoms with Crippen molar-refractivity contribution < 1.29 is 14.3 Å². The van der Waals surface area contributed by atoms with E-state index in [0.717, 1.165) is 13.0 Å². The predicted octanol–water partition coefficient (Wildman–Crippen LogP) is 2.66. The van der Waals surface area contributed by atoms with E-state index in [9.17, 15) is 4.79 Å². The molecule has 1 aliphatic heterocycles. The zero-order chi connectivity index (χ0) is 11.3. The third-order valence-electron chi connectivity index (χ3n) is 2.77. The van der Waals surface area contributed by atoms with E-state index in [0.29, 0.717) is 11.5 Å². The van der Waals surface area contributed by atoms with Gasteiger partial charge in [0.15, 0.2) is 0 Å². The standard InChI is InChI=1S/C12H20O3/c1-4-6-7-10-8-14-12(10)15-11(13)9(3)5-2/h5,10,12H,4,6-8H2,1-3H3. The van der Waals surface area contributed by atoms with Crippen LogP contribution in [0.25, 0.3) is 0 Å². The SMILES string of the molecule is CC=C(C)C(=O)OC1OCC1CCCC. The van der Waals surface area contributed by atoms with Crippen molar-refractivity contribution in [1.82, 2.24) is 0 Å². The van der Waals surface area contributed by atoms with E-state index in [-0.39, 0.29) is 12.3 Å². The number of hydrogen-bond donors (Lipinski definition) is 0. The van der Waals surface area contributed by atoms with Crippen molar-refractivity contribution in [2.24, 2.45) is 5.92 Å². The van der Waals surface area contributed by atoms with Gasteiger partial charge in [-0.2, -0.15) is 0 Å². The summed E-state index contributed by atoms with van der Waals surface area (Å²) in [4.78, 5) is 11.4. The largest absolute Gasteiger partial charge is 0.432 e. The summed E-state index contributed by atoms with van der Waals surface area (Å²) in [5.74, 6) is 0.141. The molecule has 86 valence electrons. The molecule has 1 aliphatic rings. The van der Waals surface area contributed by atoms with E-state index in [4.69, 9.17) is 9.47 Å².